The summed E-state index contributed by atoms with van der Waals surface area (Å²) in [5, 5.41) is 2.61. The van der Waals surface area contributed by atoms with Gasteiger partial charge in [0.05, 0.1) is 5.69 Å². The van der Waals surface area contributed by atoms with Crippen LogP contribution < -0.4 is 5.32 Å². The van der Waals surface area contributed by atoms with Crippen molar-refractivity contribution in [2.75, 3.05) is 5.32 Å². The summed E-state index contributed by atoms with van der Waals surface area (Å²) in [5.41, 5.74) is 3.79. The van der Waals surface area contributed by atoms with Gasteiger partial charge >= 0.3 is 0 Å². The molecule has 0 aliphatic heterocycles. The Labute approximate surface area is 126 Å². The Hall–Kier alpha value is -1.68. The number of para-hydroxylation sites is 1. The average molecular weight is 336 g/mol. The highest BCUT2D eigenvalue weighted by molar-refractivity contribution is 9.10. The second-order valence-electron chi connectivity index (χ2n) is 4.71. The first-order chi connectivity index (χ1) is 9.41. The van der Waals surface area contributed by atoms with Crippen molar-refractivity contribution in [3.05, 3.63) is 62.9 Å². The van der Waals surface area contributed by atoms with Crippen molar-refractivity contribution < 1.29 is 9.18 Å². The highest BCUT2D eigenvalue weighted by Crippen LogP contribution is 2.26. The molecule has 0 aliphatic rings. The molecule has 0 aliphatic carbocycles. The van der Waals surface area contributed by atoms with Crippen LogP contribution in [0.1, 0.15) is 27.0 Å². The molecule has 0 atom stereocenters. The van der Waals surface area contributed by atoms with Crippen molar-refractivity contribution in [3.8, 4) is 0 Å². The van der Waals surface area contributed by atoms with Gasteiger partial charge in [0.1, 0.15) is 5.82 Å². The van der Waals surface area contributed by atoms with Gasteiger partial charge in [0.2, 0.25) is 0 Å². The van der Waals surface area contributed by atoms with Crippen LogP contribution in [0.2, 0.25) is 0 Å². The molecule has 0 aromatic heterocycles. The monoisotopic (exact) mass is 335 g/mol. The lowest BCUT2D eigenvalue weighted by atomic mass is 9.98. The molecule has 0 unspecified atom stereocenters. The number of amides is 1. The standard InChI is InChI=1S/C16H15BrFNO/c1-9-10(2)12(8-13(17)11(9)3)16(20)19-15-7-5-4-6-14(15)18/h4-8H,1-3H3,(H,19,20). The molecule has 2 aromatic carbocycles. The van der Waals surface area contributed by atoms with E-state index in [9.17, 15) is 9.18 Å². The third-order valence-corrected chi connectivity index (χ3v) is 4.35. The van der Waals surface area contributed by atoms with Gasteiger partial charge in [0, 0.05) is 10.0 Å². The average Bonchev–Trinajstić information content (AvgIpc) is 2.43. The molecule has 0 saturated carbocycles. The van der Waals surface area contributed by atoms with E-state index in [1.165, 1.54) is 6.07 Å². The maximum Gasteiger partial charge on any atom is 0.256 e. The summed E-state index contributed by atoms with van der Waals surface area (Å²) in [7, 11) is 0. The van der Waals surface area contributed by atoms with E-state index in [1.807, 2.05) is 20.8 Å². The van der Waals surface area contributed by atoms with E-state index in [4.69, 9.17) is 0 Å². The van der Waals surface area contributed by atoms with E-state index in [0.717, 1.165) is 21.2 Å². The molecule has 0 heterocycles. The van der Waals surface area contributed by atoms with Gasteiger partial charge in [-0.1, -0.05) is 28.1 Å². The van der Waals surface area contributed by atoms with Crippen LogP contribution in [0, 0.1) is 26.6 Å². The number of carbonyl (C=O) groups excluding carboxylic acids is 1. The Kier molecular flexibility index (Phi) is 4.23. The minimum atomic E-state index is -0.443. The SMILES string of the molecule is Cc1c(Br)cc(C(=O)Nc2ccccc2F)c(C)c1C. The zero-order valence-corrected chi connectivity index (χ0v) is 13.1. The molecule has 104 valence electrons. The van der Waals surface area contributed by atoms with Crippen molar-refractivity contribution >= 4 is 27.5 Å². The summed E-state index contributed by atoms with van der Waals surface area (Å²) in [6, 6.07) is 7.90. The van der Waals surface area contributed by atoms with E-state index in [0.29, 0.717) is 5.56 Å². The highest BCUT2D eigenvalue weighted by atomic mass is 79.9. The molecule has 1 amide bonds. The Morgan fingerprint density at radius 1 is 1.10 bits per heavy atom. The first-order valence-corrected chi connectivity index (χ1v) is 7.03. The molecule has 2 rings (SSSR count). The summed E-state index contributed by atoms with van der Waals surface area (Å²) < 4.78 is 14.4. The van der Waals surface area contributed by atoms with Crippen LogP contribution in [0.3, 0.4) is 0 Å². The number of hydrogen-bond acceptors (Lipinski definition) is 1. The fraction of sp³-hybridized carbons (Fsp3) is 0.188. The summed E-state index contributed by atoms with van der Waals surface area (Å²) in [5.74, 6) is -0.752. The number of nitrogens with one attached hydrogen (secondary N) is 1. The molecule has 20 heavy (non-hydrogen) atoms. The van der Waals surface area contributed by atoms with Crippen LogP contribution in [-0.2, 0) is 0 Å². The summed E-state index contributed by atoms with van der Waals surface area (Å²) in [4.78, 5) is 12.3. The van der Waals surface area contributed by atoms with Gasteiger partial charge in [-0.2, -0.15) is 0 Å². The van der Waals surface area contributed by atoms with Crippen molar-refractivity contribution in [1.29, 1.82) is 0 Å². The van der Waals surface area contributed by atoms with Crippen LogP contribution in [-0.4, -0.2) is 5.91 Å². The summed E-state index contributed by atoms with van der Waals surface area (Å²) >= 11 is 3.45. The Balaban J connectivity index is 2.38. The van der Waals surface area contributed by atoms with Crippen LogP contribution >= 0.6 is 15.9 Å². The molecule has 0 radical (unpaired) electrons. The van der Waals surface area contributed by atoms with Crippen LogP contribution in [0.5, 0.6) is 0 Å². The third-order valence-electron chi connectivity index (χ3n) is 3.52. The minimum Gasteiger partial charge on any atom is -0.319 e. The second-order valence-corrected chi connectivity index (χ2v) is 5.57. The predicted molar refractivity (Wildman–Crippen MR) is 82.7 cm³/mol. The van der Waals surface area contributed by atoms with Gasteiger partial charge < -0.3 is 5.32 Å². The molecular weight excluding hydrogens is 321 g/mol. The molecule has 1 N–H and O–H groups in total. The number of anilines is 1. The lowest BCUT2D eigenvalue weighted by molar-refractivity contribution is 0.102. The number of halogens is 2. The van der Waals surface area contributed by atoms with Crippen LogP contribution in [0.25, 0.3) is 0 Å². The van der Waals surface area contributed by atoms with Gasteiger partial charge in [0.15, 0.2) is 0 Å². The van der Waals surface area contributed by atoms with Crippen molar-refractivity contribution in [2.45, 2.75) is 20.8 Å². The first-order valence-electron chi connectivity index (χ1n) is 6.24. The van der Waals surface area contributed by atoms with Crippen molar-refractivity contribution in [1.82, 2.24) is 0 Å². The lowest BCUT2D eigenvalue weighted by Gasteiger charge is -2.13. The smallest absolute Gasteiger partial charge is 0.256 e. The van der Waals surface area contributed by atoms with E-state index in [1.54, 1.807) is 24.3 Å². The quantitative estimate of drug-likeness (QED) is 0.841. The first kappa shape index (κ1) is 14.7. The van der Waals surface area contributed by atoms with Gasteiger partial charge in [-0.05, 0) is 55.7 Å². The van der Waals surface area contributed by atoms with Gasteiger partial charge in [0.25, 0.3) is 5.91 Å². The zero-order valence-electron chi connectivity index (χ0n) is 11.6. The fourth-order valence-corrected chi connectivity index (χ4v) is 2.52. The largest absolute Gasteiger partial charge is 0.319 e. The molecule has 4 heteroatoms. The van der Waals surface area contributed by atoms with Gasteiger partial charge in [-0.3, -0.25) is 4.79 Å². The van der Waals surface area contributed by atoms with Crippen molar-refractivity contribution in [2.24, 2.45) is 0 Å². The Morgan fingerprint density at radius 2 is 1.75 bits per heavy atom. The second kappa shape index (κ2) is 5.75. The van der Waals surface area contributed by atoms with E-state index in [2.05, 4.69) is 21.2 Å². The van der Waals surface area contributed by atoms with Gasteiger partial charge in [-0.25, -0.2) is 4.39 Å². The van der Waals surface area contributed by atoms with Crippen molar-refractivity contribution in [3.63, 3.8) is 0 Å². The molecule has 0 saturated heterocycles. The number of carbonyl (C=O) groups is 1. The lowest BCUT2D eigenvalue weighted by Crippen LogP contribution is -2.15. The highest BCUT2D eigenvalue weighted by Gasteiger charge is 2.15. The van der Waals surface area contributed by atoms with E-state index >= 15 is 0 Å². The maximum absolute atomic E-state index is 13.6. The molecule has 2 aromatic rings. The molecule has 0 fully saturated rings. The van der Waals surface area contributed by atoms with Gasteiger partial charge in [-0.15, -0.1) is 0 Å². The van der Waals surface area contributed by atoms with Crippen LogP contribution in [0.4, 0.5) is 10.1 Å². The molecule has 2 nitrogen and oxygen atoms in total. The van der Waals surface area contributed by atoms with Crippen LogP contribution in [0.15, 0.2) is 34.8 Å². The predicted octanol–water partition coefficient (Wildman–Crippen LogP) is 4.77. The Morgan fingerprint density at radius 3 is 2.40 bits per heavy atom. The number of hydrogen-bond donors (Lipinski definition) is 1. The third kappa shape index (κ3) is 2.75. The maximum atomic E-state index is 13.6. The zero-order chi connectivity index (χ0) is 14.9. The molecule has 0 bridgehead atoms. The number of benzene rings is 2. The topological polar surface area (TPSA) is 29.1 Å². The Bertz CT molecular complexity index is 682. The minimum absolute atomic E-state index is 0.186. The van der Waals surface area contributed by atoms with E-state index < -0.39 is 5.82 Å². The normalized spacial score (nSPS) is 10.4. The van der Waals surface area contributed by atoms with E-state index in [-0.39, 0.29) is 11.6 Å². The summed E-state index contributed by atoms with van der Waals surface area (Å²) in [6.45, 7) is 5.85. The molecular formula is C16H15BrFNO. The fourth-order valence-electron chi connectivity index (χ4n) is 1.99. The summed E-state index contributed by atoms with van der Waals surface area (Å²) in [6.07, 6.45) is 0. The number of rotatable bonds is 2. The molecule has 0 spiro atoms.